The molecule has 0 fully saturated rings. The van der Waals surface area contributed by atoms with E-state index in [0.717, 1.165) is 12.1 Å². The molecule has 0 aliphatic rings. The van der Waals surface area contributed by atoms with Crippen molar-refractivity contribution in [3.8, 4) is 0 Å². The van der Waals surface area contributed by atoms with Gasteiger partial charge in [-0.1, -0.05) is 48.0 Å². The van der Waals surface area contributed by atoms with Crippen LogP contribution in [0.3, 0.4) is 0 Å². The van der Waals surface area contributed by atoms with Crippen LogP contribution in [-0.2, 0) is 16.6 Å². The Morgan fingerprint density at radius 2 is 1.63 bits per heavy atom. The van der Waals surface area contributed by atoms with E-state index in [4.69, 9.17) is 0 Å². The fraction of sp³-hybridized carbons (Fsp3) is 0.200. The summed E-state index contributed by atoms with van der Waals surface area (Å²) in [5.74, 6) is 0.884. The highest BCUT2D eigenvalue weighted by Crippen LogP contribution is 2.18. The lowest BCUT2D eigenvalue weighted by molar-refractivity contribution is 0.601. The Hall–Kier alpha value is -2.93. The fourth-order valence-corrected chi connectivity index (χ4v) is 3.62. The summed E-state index contributed by atoms with van der Waals surface area (Å²) in [6.07, 6.45) is 0. The quantitative estimate of drug-likeness (QED) is 0.676. The van der Waals surface area contributed by atoms with Crippen molar-refractivity contribution in [2.45, 2.75) is 25.3 Å². The molecule has 0 aliphatic heterocycles. The summed E-state index contributed by atoms with van der Waals surface area (Å²) < 4.78 is 27.3. The Bertz CT molecular complexity index is 973. The molecule has 0 spiro atoms. The van der Waals surface area contributed by atoms with Crippen LogP contribution < -0.4 is 9.62 Å². The summed E-state index contributed by atoms with van der Waals surface area (Å²) in [5.41, 5.74) is 2.17. The van der Waals surface area contributed by atoms with E-state index in [1.807, 2.05) is 32.0 Å². The molecule has 1 heterocycles. The number of hydrogen-bond donors (Lipinski definition) is 1. The van der Waals surface area contributed by atoms with Crippen LogP contribution in [0.5, 0.6) is 0 Å². The third kappa shape index (κ3) is 4.83. The van der Waals surface area contributed by atoms with Gasteiger partial charge in [0.25, 0.3) is 10.0 Å². The third-order valence-electron chi connectivity index (χ3n) is 4.14. The van der Waals surface area contributed by atoms with E-state index in [1.165, 1.54) is 5.56 Å². The standard InChI is InChI=1S/C20H22N4O2S/c1-3-24(15-17-7-5-4-6-8-17)20-14-13-19(21-22-20)23-27(25,26)18-11-9-16(2)10-12-18/h4-14H,3,15H2,1-2H3,(H,21,23). The molecule has 0 aliphatic carbocycles. The molecule has 3 aromatic rings. The Kier molecular flexibility index (Phi) is 5.71. The van der Waals surface area contributed by atoms with Crippen LogP contribution in [0, 0.1) is 6.92 Å². The number of sulfonamides is 1. The van der Waals surface area contributed by atoms with E-state index < -0.39 is 10.0 Å². The van der Waals surface area contributed by atoms with Crippen molar-refractivity contribution in [3.05, 3.63) is 77.9 Å². The van der Waals surface area contributed by atoms with Crippen molar-refractivity contribution >= 4 is 21.7 Å². The van der Waals surface area contributed by atoms with Crippen molar-refractivity contribution < 1.29 is 8.42 Å². The second-order valence-electron chi connectivity index (χ2n) is 6.20. The van der Waals surface area contributed by atoms with E-state index >= 15 is 0 Å². The molecule has 3 rings (SSSR count). The van der Waals surface area contributed by atoms with Gasteiger partial charge in [-0.15, -0.1) is 10.2 Å². The summed E-state index contributed by atoms with van der Waals surface area (Å²) in [7, 11) is -3.68. The van der Waals surface area contributed by atoms with Gasteiger partial charge in [-0.25, -0.2) is 8.42 Å². The average Bonchev–Trinajstić information content (AvgIpc) is 2.68. The van der Waals surface area contributed by atoms with E-state index in [0.29, 0.717) is 12.4 Å². The lowest BCUT2D eigenvalue weighted by Crippen LogP contribution is -2.23. The van der Waals surface area contributed by atoms with Crippen LogP contribution in [0.2, 0.25) is 0 Å². The van der Waals surface area contributed by atoms with Crippen molar-refractivity contribution in [3.63, 3.8) is 0 Å². The Morgan fingerprint density at radius 1 is 0.926 bits per heavy atom. The summed E-state index contributed by atoms with van der Waals surface area (Å²) in [6, 6.07) is 20.1. The zero-order chi connectivity index (χ0) is 19.3. The van der Waals surface area contributed by atoms with Crippen molar-refractivity contribution in [1.82, 2.24) is 10.2 Å². The van der Waals surface area contributed by atoms with Gasteiger partial charge in [0.1, 0.15) is 0 Å². The number of nitrogens with one attached hydrogen (secondary N) is 1. The molecule has 0 saturated carbocycles. The molecular formula is C20H22N4O2S. The maximum Gasteiger partial charge on any atom is 0.263 e. The van der Waals surface area contributed by atoms with Gasteiger partial charge >= 0.3 is 0 Å². The summed E-state index contributed by atoms with van der Waals surface area (Å²) >= 11 is 0. The normalized spacial score (nSPS) is 11.2. The van der Waals surface area contributed by atoms with Crippen LogP contribution in [0.1, 0.15) is 18.1 Å². The van der Waals surface area contributed by atoms with E-state index in [-0.39, 0.29) is 10.7 Å². The number of anilines is 2. The summed E-state index contributed by atoms with van der Waals surface area (Å²) in [4.78, 5) is 2.26. The Morgan fingerprint density at radius 3 is 2.22 bits per heavy atom. The predicted molar refractivity (Wildman–Crippen MR) is 107 cm³/mol. The Labute approximate surface area is 159 Å². The number of rotatable bonds is 7. The number of aromatic nitrogens is 2. The highest BCUT2D eigenvalue weighted by Gasteiger charge is 2.15. The van der Waals surface area contributed by atoms with Crippen LogP contribution in [-0.4, -0.2) is 25.2 Å². The van der Waals surface area contributed by atoms with Gasteiger partial charge in [0.05, 0.1) is 4.90 Å². The van der Waals surface area contributed by atoms with Crippen molar-refractivity contribution in [1.29, 1.82) is 0 Å². The highest BCUT2D eigenvalue weighted by atomic mass is 32.2. The Balaban J connectivity index is 1.73. The van der Waals surface area contributed by atoms with Gasteiger partial charge in [-0.2, -0.15) is 0 Å². The summed E-state index contributed by atoms with van der Waals surface area (Å²) in [5, 5.41) is 8.22. The second-order valence-corrected chi connectivity index (χ2v) is 7.88. The molecule has 140 valence electrons. The fourth-order valence-electron chi connectivity index (χ4n) is 2.62. The van der Waals surface area contributed by atoms with Crippen molar-refractivity contribution in [2.75, 3.05) is 16.2 Å². The zero-order valence-electron chi connectivity index (χ0n) is 15.3. The van der Waals surface area contributed by atoms with Crippen LogP contribution in [0.25, 0.3) is 0 Å². The minimum Gasteiger partial charge on any atom is -0.351 e. The molecule has 0 bridgehead atoms. The first kappa shape index (κ1) is 18.8. The SMILES string of the molecule is CCN(Cc1ccccc1)c1ccc(NS(=O)(=O)c2ccc(C)cc2)nn1. The van der Waals surface area contributed by atoms with Crippen LogP contribution in [0.4, 0.5) is 11.6 Å². The van der Waals surface area contributed by atoms with Crippen molar-refractivity contribution in [2.24, 2.45) is 0 Å². The van der Waals surface area contributed by atoms with Gasteiger partial charge in [0, 0.05) is 13.1 Å². The molecule has 0 unspecified atom stereocenters. The average molecular weight is 382 g/mol. The van der Waals surface area contributed by atoms with Gasteiger partial charge < -0.3 is 4.90 Å². The van der Waals surface area contributed by atoms with E-state index in [9.17, 15) is 8.42 Å². The van der Waals surface area contributed by atoms with Gasteiger partial charge in [-0.3, -0.25) is 4.72 Å². The maximum absolute atomic E-state index is 12.4. The molecule has 0 saturated heterocycles. The van der Waals surface area contributed by atoms with Gasteiger partial charge in [0.15, 0.2) is 11.6 Å². The second kappa shape index (κ2) is 8.18. The molecular weight excluding hydrogens is 360 g/mol. The molecule has 2 aromatic carbocycles. The lowest BCUT2D eigenvalue weighted by Gasteiger charge is -2.21. The number of hydrogen-bond acceptors (Lipinski definition) is 5. The number of nitrogens with zero attached hydrogens (tertiary/aromatic N) is 3. The molecule has 0 atom stereocenters. The molecule has 1 N–H and O–H groups in total. The third-order valence-corrected chi connectivity index (χ3v) is 5.51. The predicted octanol–water partition coefficient (Wildman–Crippen LogP) is 3.61. The van der Waals surface area contributed by atoms with Gasteiger partial charge in [0.2, 0.25) is 0 Å². The number of benzene rings is 2. The molecule has 7 heteroatoms. The maximum atomic E-state index is 12.4. The smallest absolute Gasteiger partial charge is 0.263 e. The highest BCUT2D eigenvalue weighted by molar-refractivity contribution is 7.92. The molecule has 1 aromatic heterocycles. The molecule has 0 amide bonds. The molecule has 0 radical (unpaired) electrons. The first-order valence-corrected chi connectivity index (χ1v) is 10.2. The zero-order valence-corrected chi connectivity index (χ0v) is 16.1. The molecule has 27 heavy (non-hydrogen) atoms. The summed E-state index contributed by atoms with van der Waals surface area (Å²) in [6.45, 7) is 5.42. The monoisotopic (exact) mass is 382 g/mol. The van der Waals surface area contributed by atoms with E-state index in [1.54, 1.807) is 36.4 Å². The first-order valence-electron chi connectivity index (χ1n) is 8.70. The topological polar surface area (TPSA) is 75.2 Å². The largest absolute Gasteiger partial charge is 0.351 e. The first-order chi connectivity index (χ1) is 13.0. The van der Waals surface area contributed by atoms with Gasteiger partial charge in [-0.05, 0) is 43.7 Å². The minimum absolute atomic E-state index is 0.190. The number of aryl methyl sites for hydroxylation is 1. The van der Waals surface area contributed by atoms with Crippen LogP contribution >= 0.6 is 0 Å². The minimum atomic E-state index is -3.68. The van der Waals surface area contributed by atoms with E-state index in [2.05, 4.69) is 32.0 Å². The lowest BCUT2D eigenvalue weighted by atomic mass is 10.2. The van der Waals surface area contributed by atoms with Crippen LogP contribution in [0.15, 0.2) is 71.6 Å². The molecule has 6 nitrogen and oxygen atoms in total.